The Morgan fingerprint density at radius 3 is 2.38 bits per heavy atom. The Bertz CT molecular complexity index is 652. The molecule has 0 aliphatic carbocycles. The van der Waals surface area contributed by atoms with Crippen LogP contribution >= 0.6 is 0 Å². The summed E-state index contributed by atoms with van der Waals surface area (Å²) in [6, 6.07) is 7.14. The number of piperazine rings is 1. The predicted molar refractivity (Wildman–Crippen MR) is 101 cm³/mol. The number of carbonyl (C=O) groups excluding carboxylic acids is 3. The van der Waals surface area contributed by atoms with Gasteiger partial charge in [0, 0.05) is 49.9 Å². The van der Waals surface area contributed by atoms with Gasteiger partial charge in [-0.05, 0) is 32.0 Å². The number of nitrogens with one attached hydrogen (secondary N) is 2. The molecule has 0 bridgehead atoms. The van der Waals surface area contributed by atoms with Gasteiger partial charge in [0.2, 0.25) is 11.8 Å². The van der Waals surface area contributed by atoms with E-state index in [0.717, 1.165) is 0 Å². The second-order valence-corrected chi connectivity index (χ2v) is 6.77. The lowest BCUT2D eigenvalue weighted by atomic mass is 10.1. The van der Waals surface area contributed by atoms with Crippen LogP contribution in [-0.2, 0) is 9.59 Å². The van der Waals surface area contributed by atoms with Gasteiger partial charge in [0.1, 0.15) is 0 Å². The van der Waals surface area contributed by atoms with Gasteiger partial charge in [0.15, 0.2) is 0 Å². The average molecular weight is 360 g/mol. The highest BCUT2D eigenvalue weighted by Gasteiger charge is 2.23. The maximum atomic E-state index is 12.7. The summed E-state index contributed by atoms with van der Waals surface area (Å²) in [6.07, 6.45) is 0.393. The summed E-state index contributed by atoms with van der Waals surface area (Å²) in [4.78, 5) is 39.9. The van der Waals surface area contributed by atoms with Crippen molar-refractivity contribution < 1.29 is 14.4 Å². The van der Waals surface area contributed by atoms with Gasteiger partial charge in [0.25, 0.3) is 5.91 Å². The summed E-state index contributed by atoms with van der Waals surface area (Å²) in [5, 5.41) is 5.65. The molecule has 1 aromatic carbocycles. The topological polar surface area (TPSA) is 81.8 Å². The molecular weight excluding hydrogens is 332 g/mol. The van der Waals surface area contributed by atoms with E-state index in [0.29, 0.717) is 50.4 Å². The molecule has 0 unspecified atom stereocenters. The summed E-state index contributed by atoms with van der Waals surface area (Å²) in [5.74, 6) is -0.120. The third-order valence-electron chi connectivity index (χ3n) is 4.19. The smallest absolute Gasteiger partial charge is 0.254 e. The van der Waals surface area contributed by atoms with E-state index < -0.39 is 0 Å². The minimum Gasteiger partial charge on any atom is -0.353 e. The van der Waals surface area contributed by atoms with Crippen molar-refractivity contribution in [2.75, 3.05) is 38.0 Å². The Labute approximate surface area is 154 Å². The van der Waals surface area contributed by atoms with Crippen LogP contribution < -0.4 is 10.6 Å². The summed E-state index contributed by atoms with van der Waals surface area (Å²) in [5.41, 5.74) is 1.19. The van der Waals surface area contributed by atoms with Gasteiger partial charge in [0.05, 0.1) is 6.54 Å². The summed E-state index contributed by atoms with van der Waals surface area (Å²) < 4.78 is 0. The SMILES string of the molecule is CCC(=O)Nc1cccc(C(=O)N2CCN(CC(=O)NC(C)C)CC2)c1. The number of hydrogen-bond donors (Lipinski definition) is 2. The van der Waals surface area contributed by atoms with Gasteiger partial charge >= 0.3 is 0 Å². The summed E-state index contributed by atoms with van der Waals surface area (Å²) in [6.45, 7) is 8.52. The molecule has 1 aliphatic heterocycles. The number of anilines is 1. The molecule has 0 atom stereocenters. The predicted octanol–water partition coefficient (Wildman–Crippen LogP) is 1.32. The van der Waals surface area contributed by atoms with E-state index >= 15 is 0 Å². The Hall–Kier alpha value is -2.41. The third kappa shape index (κ3) is 5.84. The molecule has 1 saturated heterocycles. The fraction of sp³-hybridized carbons (Fsp3) is 0.526. The standard InChI is InChI=1S/C19H28N4O3/c1-4-17(24)21-16-7-5-6-15(12-16)19(26)23-10-8-22(9-11-23)13-18(25)20-14(2)3/h5-7,12,14H,4,8-11,13H2,1-3H3,(H,20,25)(H,21,24). The van der Waals surface area contributed by atoms with Crippen molar-refractivity contribution in [3.05, 3.63) is 29.8 Å². The monoisotopic (exact) mass is 360 g/mol. The molecule has 0 radical (unpaired) electrons. The second-order valence-electron chi connectivity index (χ2n) is 6.77. The molecule has 26 heavy (non-hydrogen) atoms. The van der Waals surface area contributed by atoms with E-state index in [2.05, 4.69) is 15.5 Å². The first kappa shape index (κ1) is 19.9. The number of hydrogen-bond acceptors (Lipinski definition) is 4. The lowest BCUT2D eigenvalue weighted by Gasteiger charge is -2.34. The molecule has 2 rings (SSSR count). The number of benzene rings is 1. The lowest BCUT2D eigenvalue weighted by Crippen LogP contribution is -2.51. The largest absolute Gasteiger partial charge is 0.353 e. The molecular formula is C19H28N4O3. The molecule has 7 nitrogen and oxygen atoms in total. The van der Waals surface area contributed by atoms with Crippen molar-refractivity contribution in [3.63, 3.8) is 0 Å². The van der Waals surface area contributed by atoms with Gasteiger partial charge in [-0.2, -0.15) is 0 Å². The van der Waals surface area contributed by atoms with E-state index in [9.17, 15) is 14.4 Å². The first-order valence-corrected chi connectivity index (χ1v) is 9.10. The highest BCUT2D eigenvalue weighted by Crippen LogP contribution is 2.14. The van der Waals surface area contributed by atoms with E-state index in [1.54, 1.807) is 36.1 Å². The zero-order chi connectivity index (χ0) is 19.1. The normalized spacial score (nSPS) is 15.0. The third-order valence-corrected chi connectivity index (χ3v) is 4.19. The number of rotatable bonds is 6. The summed E-state index contributed by atoms with van der Waals surface area (Å²) in [7, 11) is 0. The molecule has 1 aliphatic rings. The average Bonchev–Trinajstić information content (AvgIpc) is 2.61. The van der Waals surface area contributed by atoms with Gasteiger partial charge < -0.3 is 15.5 Å². The Morgan fingerprint density at radius 2 is 1.77 bits per heavy atom. The Balaban J connectivity index is 1.89. The Morgan fingerprint density at radius 1 is 1.08 bits per heavy atom. The molecule has 1 aromatic rings. The minimum atomic E-state index is -0.0807. The van der Waals surface area contributed by atoms with Gasteiger partial charge in [-0.15, -0.1) is 0 Å². The van der Waals surface area contributed by atoms with Gasteiger partial charge in [-0.25, -0.2) is 0 Å². The fourth-order valence-corrected chi connectivity index (χ4v) is 2.84. The van der Waals surface area contributed by atoms with Crippen LogP contribution in [0.2, 0.25) is 0 Å². The minimum absolute atomic E-state index is 0.0131. The maximum absolute atomic E-state index is 12.7. The molecule has 3 amide bonds. The fourth-order valence-electron chi connectivity index (χ4n) is 2.84. The van der Waals surface area contributed by atoms with Crippen LogP contribution in [0.4, 0.5) is 5.69 Å². The van der Waals surface area contributed by atoms with E-state index in [-0.39, 0.29) is 23.8 Å². The first-order chi connectivity index (χ1) is 12.4. The molecule has 7 heteroatoms. The molecule has 2 N–H and O–H groups in total. The van der Waals surface area contributed by atoms with Crippen LogP contribution in [0.25, 0.3) is 0 Å². The van der Waals surface area contributed by atoms with Crippen LogP contribution in [0.15, 0.2) is 24.3 Å². The zero-order valence-corrected chi connectivity index (χ0v) is 15.7. The van der Waals surface area contributed by atoms with Crippen LogP contribution in [0.5, 0.6) is 0 Å². The van der Waals surface area contributed by atoms with E-state index in [1.807, 2.05) is 13.8 Å². The first-order valence-electron chi connectivity index (χ1n) is 9.10. The molecule has 0 spiro atoms. The molecule has 1 fully saturated rings. The number of amides is 3. The molecule has 1 heterocycles. The number of nitrogens with zero attached hydrogens (tertiary/aromatic N) is 2. The van der Waals surface area contributed by atoms with Crippen LogP contribution in [-0.4, -0.2) is 66.3 Å². The Kier molecular flexibility index (Phi) is 7.15. The summed E-state index contributed by atoms with van der Waals surface area (Å²) >= 11 is 0. The van der Waals surface area contributed by atoms with Crippen molar-refractivity contribution in [1.29, 1.82) is 0 Å². The van der Waals surface area contributed by atoms with Crippen LogP contribution in [0.3, 0.4) is 0 Å². The highest BCUT2D eigenvalue weighted by molar-refractivity contribution is 5.97. The van der Waals surface area contributed by atoms with Crippen molar-refractivity contribution >= 4 is 23.4 Å². The number of carbonyl (C=O) groups is 3. The maximum Gasteiger partial charge on any atom is 0.254 e. The molecule has 0 saturated carbocycles. The molecule has 0 aromatic heterocycles. The lowest BCUT2D eigenvalue weighted by molar-refractivity contribution is -0.123. The highest BCUT2D eigenvalue weighted by atomic mass is 16.2. The van der Waals surface area contributed by atoms with Crippen molar-refractivity contribution in [3.8, 4) is 0 Å². The van der Waals surface area contributed by atoms with Gasteiger partial charge in [-0.1, -0.05) is 13.0 Å². The van der Waals surface area contributed by atoms with Crippen molar-refractivity contribution in [2.24, 2.45) is 0 Å². The van der Waals surface area contributed by atoms with Crippen molar-refractivity contribution in [1.82, 2.24) is 15.1 Å². The molecule has 142 valence electrons. The van der Waals surface area contributed by atoms with Crippen LogP contribution in [0, 0.1) is 0 Å². The van der Waals surface area contributed by atoms with Crippen LogP contribution in [0.1, 0.15) is 37.6 Å². The van der Waals surface area contributed by atoms with Gasteiger partial charge in [-0.3, -0.25) is 19.3 Å². The van der Waals surface area contributed by atoms with E-state index in [1.165, 1.54) is 0 Å². The quantitative estimate of drug-likeness (QED) is 0.802. The second kappa shape index (κ2) is 9.33. The zero-order valence-electron chi connectivity index (χ0n) is 15.7. The van der Waals surface area contributed by atoms with E-state index in [4.69, 9.17) is 0 Å². The van der Waals surface area contributed by atoms with Crippen molar-refractivity contribution in [2.45, 2.75) is 33.2 Å².